The summed E-state index contributed by atoms with van der Waals surface area (Å²) < 4.78 is 3.66. The van der Waals surface area contributed by atoms with E-state index in [4.69, 9.17) is 5.73 Å². The van der Waals surface area contributed by atoms with Gasteiger partial charge in [0, 0.05) is 24.8 Å². The van der Waals surface area contributed by atoms with Gasteiger partial charge in [-0.1, -0.05) is 17.3 Å². The molecular formula is C19H23N7O. The van der Waals surface area contributed by atoms with E-state index in [0.717, 1.165) is 41.9 Å². The van der Waals surface area contributed by atoms with Crippen molar-refractivity contribution in [3.63, 3.8) is 0 Å². The molecule has 0 radical (unpaired) electrons. The van der Waals surface area contributed by atoms with Crippen LogP contribution in [0.2, 0.25) is 0 Å². The zero-order valence-electron chi connectivity index (χ0n) is 15.3. The Morgan fingerprint density at radius 2 is 2.26 bits per heavy atom. The number of fused-ring (bicyclic) bond motifs is 1. The highest BCUT2D eigenvalue weighted by atomic mass is 16.1. The SMILES string of the molecule is CC1CCCc2cc(C(=O)NCc3cccc(-n4cc(CN)nn4)c3)nn21. The smallest absolute Gasteiger partial charge is 0.272 e. The number of nitrogens with zero attached hydrogens (tertiary/aromatic N) is 5. The van der Waals surface area contributed by atoms with Crippen molar-refractivity contribution in [2.45, 2.75) is 45.3 Å². The minimum atomic E-state index is -0.152. The van der Waals surface area contributed by atoms with Gasteiger partial charge in [0.2, 0.25) is 0 Å². The summed E-state index contributed by atoms with van der Waals surface area (Å²) in [5.74, 6) is -0.152. The van der Waals surface area contributed by atoms with Gasteiger partial charge in [-0.25, -0.2) is 4.68 Å². The summed E-state index contributed by atoms with van der Waals surface area (Å²) in [4.78, 5) is 12.5. The lowest BCUT2D eigenvalue weighted by molar-refractivity contribution is 0.0944. The lowest BCUT2D eigenvalue weighted by atomic mass is 10.0. The van der Waals surface area contributed by atoms with Crippen molar-refractivity contribution in [3.05, 3.63) is 59.2 Å². The van der Waals surface area contributed by atoms with E-state index in [1.807, 2.05) is 35.0 Å². The van der Waals surface area contributed by atoms with E-state index >= 15 is 0 Å². The van der Waals surface area contributed by atoms with Crippen molar-refractivity contribution < 1.29 is 4.79 Å². The maximum Gasteiger partial charge on any atom is 0.272 e. The van der Waals surface area contributed by atoms with Gasteiger partial charge in [-0.15, -0.1) is 5.10 Å². The molecule has 2 aromatic heterocycles. The Hall–Kier alpha value is -3.00. The summed E-state index contributed by atoms with van der Waals surface area (Å²) in [6.45, 7) is 2.91. The normalized spacial score (nSPS) is 16.1. The van der Waals surface area contributed by atoms with Crippen LogP contribution in [-0.4, -0.2) is 30.7 Å². The molecule has 3 N–H and O–H groups in total. The Morgan fingerprint density at radius 3 is 3.04 bits per heavy atom. The molecule has 8 heteroatoms. The van der Waals surface area contributed by atoms with Gasteiger partial charge in [0.15, 0.2) is 0 Å². The first-order chi connectivity index (χ1) is 13.1. The van der Waals surface area contributed by atoms with Crippen molar-refractivity contribution in [3.8, 4) is 5.69 Å². The van der Waals surface area contributed by atoms with Crippen molar-refractivity contribution >= 4 is 5.91 Å². The molecule has 1 atom stereocenters. The first kappa shape index (κ1) is 17.4. The Balaban J connectivity index is 1.44. The third-order valence-corrected chi connectivity index (χ3v) is 4.90. The second kappa shape index (κ2) is 7.32. The number of hydrogen-bond acceptors (Lipinski definition) is 5. The summed E-state index contributed by atoms with van der Waals surface area (Å²) in [5, 5.41) is 15.5. The summed E-state index contributed by atoms with van der Waals surface area (Å²) >= 11 is 0. The maximum atomic E-state index is 12.5. The summed E-state index contributed by atoms with van der Waals surface area (Å²) in [7, 11) is 0. The fraction of sp³-hybridized carbons (Fsp3) is 0.368. The Labute approximate surface area is 157 Å². The number of carbonyl (C=O) groups excluding carboxylic acids is 1. The van der Waals surface area contributed by atoms with Crippen LogP contribution in [0.3, 0.4) is 0 Å². The van der Waals surface area contributed by atoms with Crippen LogP contribution in [0.25, 0.3) is 5.69 Å². The zero-order valence-corrected chi connectivity index (χ0v) is 15.3. The number of nitrogens with one attached hydrogen (secondary N) is 1. The minimum absolute atomic E-state index is 0.152. The molecule has 0 aliphatic carbocycles. The Morgan fingerprint density at radius 1 is 1.37 bits per heavy atom. The van der Waals surface area contributed by atoms with Crippen molar-refractivity contribution in [2.75, 3.05) is 0 Å². The molecular weight excluding hydrogens is 342 g/mol. The van der Waals surface area contributed by atoms with Crippen molar-refractivity contribution in [2.24, 2.45) is 5.73 Å². The minimum Gasteiger partial charge on any atom is -0.347 e. The molecule has 1 aliphatic heterocycles. The molecule has 0 saturated carbocycles. The predicted molar refractivity (Wildman–Crippen MR) is 100 cm³/mol. The number of aromatic nitrogens is 5. The third-order valence-electron chi connectivity index (χ3n) is 4.90. The van der Waals surface area contributed by atoms with Gasteiger partial charge in [0.05, 0.1) is 17.6 Å². The van der Waals surface area contributed by atoms with E-state index in [-0.39, 0.29) is 5.91 Å². The standard InChI is InChI=1S/C19H23N7O/c1-13-4-2-7-17-9-18(23-26(13)17)19(27)21-11-14-5-3-6-16(8-14)25-12-15(10-20)22-24-25/h3,5-6,8-9,12-13H,2,4,7,10-11,20H2,1H3,(H,21,27). The first-order valence-electron chi connectivity index (χ1n) is 9.21. The topological polar surface area (TPSA) is 104 Å². The average Bonchev–Trinajstić information content (AvgIpc) is 3.34. The predicted octanol–water partition coefficient (Wildman–Crippen LogP) is 1.75. The van der Waals surface area contributed by atoms with Gasteiger partial charge in [0.25, 0.3) is 5.91 Å². The number of aryl methyl sites for hydroxylation is 1. The van der Waals surface area contributed by atoms with Gasteiger partial charge in [0.1, 0.15) is 5.69 Å². The second-order valence-corrected chi connectivity index (χ2v) is 6.92. The van der Waals surface area contributed by atoms with Gasteiger partial charge in [-0.2, -0.15) is 5.10 Å². The molecule has 8 nitrogen and oxygen atoms in total. The van der Waals surface area contributed by atoms with E-state index in [1.165, 1.54) is 0 Å². The van der Waals surface area contributed by atoms with Gasteiger partial charge >= 0.3 is 0 Å². The van der Waals surface area contributed by atoms with Crippen LogP contribution in [-0.2, 0) is 19.5 Å². The molecule has 1 aromatic carbocycles. The fourth-order valence-corrected chi connectivity index (χ4v) is 3.41. The van der Waals surface area contributed by atoms with E-state index < -0.39 is 0 Å². The first-order valence-corrected chi connectivity index (χ1v) is 9.21. The lowest BCUT2D eigenvalue weighted by Gasteiger charge is -2.20. The van der Waals surface area contributed by atoms with Crippen LogP contribution in [0, 0.1) is 0 Å². The summed E-state index contributed by atoms with van der Waals surface area (Å²) in [6.07, 6.45) is 5.04. The number of nitrogens with two attached hydrogens (primary N) is 1. The molecule has 27 heavy (non-hydrogen) atoms. The molecule has 0 saturated heterocycles. The summed E-state index contributed by atoms with van der Waals surface area (Å²) in [6, 6.07) is 10.1. The molecule has 3 aromatic rings. The highest BCUT2D eigenvalue weighted by Crippen LogP contribution is 2.24. The average molecular weight is 365 g/mol. The summed E-state index contributed by atoms with van der Waals surface area (Å²) in [5.41, 5.74) is 9.79. The number of hydrogen-bond donors (Lipinski definition) is 2. The highest BCUT2D eigenvalue weighted by molar-refractivity contribution is 5.92. The van der Waals surface area contributed by atoms with Crippen LogP contribution in [0.5, 0.6) is 0 Å². The number of rotatable bonds is 5. The van der Waals surface area contributed by atoms with Crippen LogP contribution in [0.4, 0.5) is 0 Å². The molecule has 1 aliphatic rings. The molecule has 1 amide bonds. The molecule has 140 valence electrons. The zero-order chi connectivity index (χ0) is 18.8. The second-order valence-electron chi connectivity index (χ2n) is 6.92. The molecule has 1 unspecified atom stereocenters. The Kier molecular flexibility index (Phi) is 4.72. The van der Waals surface area contributed by atoms with Crippen LogP contribution < -0.4 is 11.1 Å². The third kappa shape index (κ3) is 3.61. The molecule has 0 bridgehead atoms. The van der Waals surface area contributed by atoms with Gasteiger partial charge in [-0.05, 0) is 49.9 Å². The molecule has 0 fully saturated rings. The lowest BCUT2D eigenvalue weighted by Crippen LogP contribution is -2.24. The van der Waals surface area contributed by atoms with E-state index in [1.54, 1.807) is 10.9 Å². The van der Waals surface area contributed by atoms with Crippen LogP contribution in [0.15, 0.2) is 36.5 Å². The van der Waals surface area contributed by atoms with Crippen molar-refractivity contribution in [1.29, 1.82) is 0 Å². The monoisotopic (exact) mass is 365 g/mol. The Bertz CT molecular complexity index is 959. The number of benzene rings is 1. The van der Waals surface area contributed by atoms with E-state index in [9.17, 15) is 4.79 Å². The molecule has 3 heterocycles. The maximum absolute atomic E-state index is 12.5. The van der Waals surface area contributed by atoms with E-state index in [2.05, 4.69) is 27.7 Å². The van der Waals surface area contributed by atoms with Crippen LogP contribution >= 0.6 is 0 Å². The number of carbonyl (C=O) groups is 1. The highest BCUT2D eigenvalue weighted by Gasteiger charge is 2.20. The largest absolute Gasteiger partial charge is 0.347 e. The van der Waals surface area contributed by atoms with Crippen molar-refractivity contribution in [1.82, 2.24) is 30.1 Å². The van der Waals surface area contributed by atoms with Crippen LogP contribution in [0.1, 0.15) is 53.2 Å². The molecule has 0 spiro atoms. The fourth-order valence-electron chi connectivity index (χ4n) is 3.41. The van der Waals surface area contributed by atoms with E-state index in [0.29, 0.717) is 24.8 Å². The number of amides is 1. The molecule has 4 rings (SSSR count). The van der Waals surface area contributed by atoms with Gasteiger partial charge < -0.3 is 11.1 Å². The van der Waals surface area contributed by atoms with Gasteiger partial charge in [-0.3, -0.25) is 9.48 Å². The quantitative estimate of drug-likeness (QED) is 0.717.